The molecule has 5 nitrogen and oxygen atoms in total. The zero-order valence-electron chi connectivity index (χ0n) is 13.0. The first-order chi connectivity index (χ1) is 11.1. The van der Waals surface area contributed by atoms with Crippen molar-refractivity contribution in [1.29, 1.82) is 0 Å². The van der Waals surface area contributed by atoms with Crippen LogP contribution in [0.1, 0.15) is 17.0 Å². The van der Waals surface area contributed by atoms with Crippen LogP contribution in [0.5, 0.6) is 0 Å². The fourth-order valence-corrected chi connectivity index (χ4v) is 2.36. The number of carbonyl (C=O) groups is 1. The first-order valence-corrected chi connectivity index (χ1v) is 7.37. The van der Waals surface area contributed by atoms with Gasteiger partial charge in [0.2, 0.25) is 5.91 Å². The summed E-state index contributed by atoms with van der Waals surface area (Å²) in [5.74, 6) is 0.873. The van der Waals surface area contributed by atoms with Gasteiger partial charge in [-0.1, -0.05) is 41.6 Å². The van der Waals surface area contributed by atoms with E-state index in [-0.39, 0.29) is 5.91 Å². The number of anilines is 1. The Morgan fingerprint density at radius 3 is 2.57 bits per heavy atom. The van der Waals surface area contributed by atoms with Gasteiger partial charge in [0.1, 0.15) is 0 Å². The highest BCUT2D eigenvalue weighted by molar-refractivity contribution is 5.95. The van der Waals surface area contributed by atoms with Crippen molar-refractivity contribution in [2.75, 3.05) is 5.32 Å². The molecule has 0 aliphatic rings. The zero-order valence-corrected chi connectivity index (χ0v) is 13.0. The number of aryl methyl sites for hydroxylation is 2. The van der Waals surface area contributed by atoms with E-state index >= 15 is 0 Å². The van der Waals surface area contributed by atoms with E-state index < -0.39 is 0 Å². The van der Waals surface area contributed by atoms with E-state index in [1.54, 1.807) is 6.92 Å². The lowest BCUT2D eigenvalue weighted by Crippen LogP contribution is -2.15. The number of nitrogens with one attached hydrogen (secondary N) is 1. The minimum Gasteiger partial charge on any atom is -0.334 e. The molecule has 0 bridgehead atoms. The first kappa shape index (κ1) is 15.0. The SMILES string of the molecule is Cc1noc(-c2ccccc2NC(=O)Cc2ccccc2C)n1. The largest absolute Gasteiger partial charge is 0.334 e. The number of benzene rings is 2. The lowest BCUT2D eigenvalue weighted by Gasteiger charge is -2.09. The summed E-state index contributed by atoms with van der Waals surface area (Å²) in [5, 5.41) is 6.72. The monoisotopic (exact) mass is 307 g/mol. The summed E-state index contributed by atoms with van der Waals surface area (Å²) < 4.78 is 5.20. The third-order valence-electron chi connectivity index (χ3n) is 3.57. The third kappa shape index (κ3) is 3.45. The van der Waals surface area contributed by atoms with E-state index in [4.69, 9.17) is 4.52 Å². The van der Waals surface area contributed by atoms with Gasteiger partial charge in [-0.15, -0.1) is 0 Å². The maximum Gasteiger partial charge on any atom is 0.260 e. The fraction of sp³-hybridized carbons (Fsp3) is 0.167. The van der Waals surface area contributed by atoms with Gasteiger partial charge in [0.25, 0.3) is 5.89 Å². The van der Waals surface area contributed by atoms with E-state index in [1.165, 1.54) is 0 Å². The van der Waals surface area contributed by atoms with Crippen LogP contribution in [-0.2, 0) is 11.2 Å². The normalized spacial score (nSPS) is 10.5. The number of rotatable bonds is 4. The van der Waals surface area contributed by atoms with Crippen LogP contribution in [0.2, 0.25) is 0 Å². The topological polar surface area (TPSA) is 68.0 Å². The molecule has 0 aliphatic heterocycles. The van der Waals surface area contributed by atoms with Gasteiger partial charge in [-0.05, 0) is 37.1 Å². The molecule has 0 saturated heterocycles. The quantitative estimate of drug-likeness (QED) is 0.800. The summed E-state index contributed by atoms with van der Waals surface area (Å²) in [5.41, 5.74) is 3.49. The molecule has 5 heteroatoms. The molecule has 116 valence electrons. The minimum absolute atomic E-state index is 0.0806. The lowest BCUT2D eigenvalue weighted by molar-refractivity contribution is -0.115. The summed E-state index contributed by atoms with van der Waals surface area (Å²) in [7, 11) is 0. The summed E-state index contributed by atoms with van der Waals surface area (Å²) in [4.78, 5) is 16.6. The Morgan fingerprint density at radius 1 is 1.09 bits per heavy atom. The van der Waals surface area contributed by atoms with E-state index in [2.05, 4.69) is 15.5 Å². The highest BCUT2D eigenvalue weighted by Gasteiger charge is 2.13. The van der Waals surface area contributed by atoms with Crippen LogP contribution in [0, 0.1) is 13.8 Å². The predicted molar refractivity (Wildman–Crippen MR) is 88.0 cm³/mol. The van der Waals surface area contributed by atoms with Crippen LogP contribution in [0.15, 0.2) is 53.1 Å². The number of amides is 1. The second kappa shape index (κ2) is 6.44. The first-order valence-electron chi connectivity index (χ1n) is 7.37. The van der Waals surface area contributed by atoms with E-state index in [0.717, 1.165) is 11.1 Å². The number of carbonyl (C=O) groups excluding carboxylic acids is 1. The molecule has 0 spiro atoms. The van der Waals surface area contributed by atoms with Crippen molar-refractivity contribution in [3.8, 4) is 11.5 Å². The predicted octanol–water partition coefficient (Wildman–Crippen LogP) is 3.53. The molecular weight excluding hydrogens is 290 g/mol. The molecule has 3 rings (SSSR count). The minimum atomic E-state index is -0.0806. The molecule has 0 radical (unpaired) electrons. The van der Waals surface area contributed by atoms with Gasteiger partial charge in [-0.2, -0.15) is 4.98 Å². The van der Waals surface area contributed by atoms with Crippen LogP contribution in [0.4, 0.5) is 5.69 Å². The van der Waals surface area contributed by atoms with Gasteiger partial charge in [-0.3, -0.25) is 4.79 Å². The molecule has 2 aromatic carbocycles. The summed E-state index contributed by atoms with van der Waals surface area (Å²) >= 11 is 0. The summed E-state index contributed by atoms with van der Waals surface area (Å²) in [6.45, 7) is 3.75. The number of para-hydroxylation sites is 1. The van der Waals surface area contributed by atoms with Gasteiger partial charge in [0.15, 0.2) is 5.82 Å². The van der Waals surface area contributed by atoms with Crippen molar-refractivity contribution in [3.63, 3.8) is 0 Å². The van der Waals surface area contributed by atoms with Crippen LogP contribution >= 0.6 is 0 Å². The second-order valence-electron chi connectivity index (χ2n) is 5.34. The van der Waals surface area contributed by atoms with Crippen molar-refractivity contribution in [3.05, 3.63) is 65.5 Å². The number of aromatic nitrogens is 2. The molecule has 1 amide bonds. The molecule has 0 atom stereocenters. The van der Waals surface area contributed by atoms with E-state index in [9.17, 15) is 4.79 Å². The van der Waals surface area contributed by atoms with Crippen molar-refractivity contribution < 1.29 is 9.32 Å². The highest BCUT2D eigenvalue weighted by Crippen LogP contribution is 2.26. The standard InChI is InChI=1S/C18H17N3O2/c1-12-7-3-4-8-14(12)11-17(22)20-16-10-6-5-9-15(16)18-19-13(2)21-23-18/h3-10H,11H2,1-2H3,(H,20,22). The lowest BCUT2D eigenvalue weighted by atomic mass is 10.1. The van der Waals surface area contributed by atoms with Crippen LogP contribution in [-0.4, -0.2) is 16.0 Å². The number of hydrogen-bond donors (Lipinski definition) is 1. The van der Waals surface area contributed by atoms with Gasteiger partial charge in [0, 0.05) is 0 Å². The second-order valence-corrected chi connectivity index (χ2v) is 5.34. The Bertz CT molecular complexity index is 840. The van der Waals surface area contributed by atoms with Crippen molar-refractivity contribution >= 4 is 11.6 Å². The molecular formula is C18H17N3O2. The van der Waals surface area contributed by atoms with Crippen molar-refractivity contribution in [2.45, 2.75) is 20.3 Å². The molecule has 3 aromatic rings. The van der Waals surface area contributed by atoms with Crippen LogP contribution in [0.3, 0.4) is 0 Å². The molecule has 1 aromatic heterocycles. The maximum atomic E-state index is 12.3. The molecule has 0 fully saturated rings. The molecule has 23 heavy (non-hydrogen) atoms. The Kier molecular flexibility index (Phi) is 4.19. The molecule has 0 aliphatic carbocycles. The Hall–Kier alpha value is -2.95. The molecule has 0 unspecified atom stereocenters. The molecule has 0 saturated carbocycles. The van der Waals surface area contributed by atoms with Gasteiger partial charge >= 0.3 is 0 Å². The third-order valence-corrected chi connectivity index (χ3v) is 3.57. The van der Waals surface area contributed by atoms with Crippen molar-refractivity contribution in [1.82, 2.24) is 10.1 Å². The van der Waals surface area contributed by atoms with Crippen LogP contribution < -0.4 is 5.32 Å². The Morgan fingerprint density at radius 2 is 1.83 bits per heavy atom. The Balaban J connectivity index is 1.81. The van der Waals surface area contributed by atoms with Crippen LogP contribution in [0.25, 0.3) is 11.5 Å². The van der Waals surface area contributed by atoms with Gasteiger partial charge in [0.05, 0.1) is 17.7 Å². The maximum absolute atomic E-state index is 12.3. The number of nitrogens with zero attached hydrogens (tertiary/aromatic N) is 2. The zero-order chi connectivity index (χ0) is 16.2. The smallest absolute Gasteiger partial charge is 0.260 e. The molecule has 1 N–H and O–H groups in total. The van der Waals surface area contributed by atoms with E-state index in [1.807, 2.05) is 55.5 Å². The van der Waals surface area contributed by atoms with Gasteiger partial charge in [-0.25, -0.2) is 0 Å². The van der Waals surface area contributed by atoms with E-state index in [0.29, 0.717) is 29.4 Å². The van der Waals surface area contributed by atoms with Crippen molar-refractivity contribution in [2.24, 2.45) is 0 Å². The fourth-order valence-electron chi connectivity index (χ4n) is 2.36. The van der Waals surface area contributed by atoms with Gasteiger partial charge < -0.3 is 9.84 Å². The summed E-state index contributed by atoms with van der Waals surface area (Å²) in [6.07, 6.45) is 0.323. The molecule has 1 heterocycles. The Labute approximate surface area is 134 Å². The summed E-state index contributed by atoms with van der Waals surface area (Å²) in [6, 6.07) is 15.2. The average molecular weight is 307 g/mol. The average Bonchev–Trinajstić information content (AvgIpc) is 2.96. The highest BCUT2D eigenvalue weighted by atomic mass is 16.5. The number of hydrogen-bond acceptors (Lipinski definition) is 4.